The van der Waals surface area contributed by atoms with E-state index in [-0.39, 0.29) is 55.2 Å². The molecule has 0 unspecified atom stereocenters. The molecule has 0 spiro atoms. The van der Waals surface area contributed by atoms with E-state index < -0.39 is 15.8 Å². The van der Waals surface area contributed by atoms with E-state index in [1.807, 2.05) is 0 Å². The second-order valence-electron chi connectivity index (χ2n) is 6.67. The largest absolute Gasteiger partial charge is 0.442 e. The predicted molar refractivity (Wildman–Crippen MR) is 109 cm³/mol. The summed E-state index contributed by atoms with van der Waals surface area (Å²) in [5.41, 5.74) is 0. The molecule has 11 nitrogen and oxygen atoms in total. The summed E-state index contributed by atoms with van der Waals surface area (Å²) in [5.74, 6) is -0.978. The summed E-state index contributed by atoms with van der Waals surface area (Å²) >= 11 is 5.83. The first kappa shape index (κ1) is 21.2. The van der Waals surface area contributed by atoms with Crippen LogP contribution in [0, 0.1) is 0 Å². The average molecular weight is 465 g/mol. The fourth-order valence-corrected chi connectivity index (χ4v) is 4.70. The molecule has 1 fully saturated rings. The minimum atomic E-state index is -3.69. The molecule has 3 aromatic rings. The lowest BCUT2D eigenvalue weighted by Crippen LogP contribution is -2.51. The van der Waals surface area contributed by atoms with Crippen LogP contribution in [0.5, 0.6) is 0 Å². The molecule has 0 aliphatic carbocycles. The number of amides is 1. The van der Waals surface area contributed by atoms with Crippen molar-refractivity contribution in [1.29, 1.82) is 0 Å². The number of hydrogen-bond donors (Lipinski definition) is 0. The zero-order valence-corrected chi connectivity index (χ0v) is 17.7. The number of carbonyl (C=O) groups excluding carboxylic acids is 1. The molecular weight excluding hydrogens is 448 g/mol. The molecule has 13 heteroatoms. The summed E-state index contributed by atoms with van der Waals surface area (Å²) in [6.07, 6.45) is 2.96. The van der Waals surface area contributed by atoms with Gasteiger partial charge in [0, 0.05) is 43.6 Å². The van der Waals surface area contributed by atoms with Crippen LogP contribution in [0.4, 0.5) is 0 Å². The third-order valence-corrected chi connectivity index (χ3v) is 6.95. The Balaban J connectivity index is 1.43. The molecule has 0 radical (unpaired) electrons. The van der Waals surface area contributed by atoms with Gasteiger partial charge in [-0.05, 0) is 30.3 Å². The summed E-state index contributed by atoms with van der Waals surface area (Å²) in [4.78, 5) is 34.4. The monoisotopic (exact) mass is 464 g/mol. The summed E-state index contributed by atoms with van der Waals surface area (Å²) in [7, 11) is -3.69. The molecule has 0 bridgehead atoms. The predicted octanol–water partition coefficient (Wildman–Crippen LogP) is 0.480. The summed E-state index contributed by atoms with van der Waals surface area (Å²) in [6, 6.07) is 7.52. The van der Waals surface area contributed by atoms with Crippen molar-refractivity contribution in [3.63, 3.8) is 0 Å². The smallest absolute Gasteiger partial charge is 0.338 e. The van der Waals surface area contributed by atoms with Crippen molar-refractivity contribution >= 4 is 27.5 Å². The van der Waals surface area contributed by atoms with Crippen LogP contribution in [0.15, 0.2) is 56.9 Å². The molecule has 1 aliphatic heterocycles. The number of sulfonamides is 1. The second kappa shape index (κ2) is 8.57. The van der Waals surface area contributed by atoms with Crippen molar-refractivity contribution in [2.24, 2.45) is 0 Å². The van der Waals surface area contributed by atoms with Crippen molar-refractivity contribution < 1.29 is 17.7 Å². The average Bonchev–Trinajstić information content (AvgIpc) is 3.15. The number of halogens is 1. The van der Waals surface area contributed by atoms with Gasteiger partial charge in [0.15, 0.2) is 5.82 Å². The van der Waals surface area contributed by atoms with Gasteiger partial charge >= 0.3 is 5.76 Å². The van der Waals surface area contributed by atoms with Gasteiger partial charge in [-0.3, -0.25) is 9.32 Å². The lowest BCUT2D eigenvalue weighted by atomic mass is 10.3. The van der Waals surface area contributed by atoms with E-state index in [0.717, 1.165) is 4.57 Å². The number of aromatic nitrogens is 4. The van der Waals surface area contributed by atoms with Crippen molar-refractivity contribution in [1.82, 2.24) is 28.9 Å². The Morgan fingerprint density at radius 1 is 1.06 bits per heavy atom. The quantitative estimate of drug-likeness (QED) is 0.532. The van der Waals surface area contributed by atoms with Crippen LogP contribution in [-0.2, 0) is 21.4 Å². The highest BCUT2D eigenvalue weighted by Gasteiger charge is 2.31. The Labute approximate surface area is 181 Å². The molecule has 2 aromatic heterocycles. The van der Waals surface area contributed by atoms with Gasteiger partial charge in [0.25, 0.3) is 0 Å². The fraction of sp³-hybridized carbons (Fsp3) is 0.278. The first-order chi connectivity index (χ1) is 14.9. The van der Waals surface area contributed by atoms with E-state index in [1.165, 1.54) is 45.9 Å². The summed E-state index contributed by atoms with van der Waals surface area (Å²) in [6.45, 7) is 0.305. The van der Waals surface area contributed by atoms with E-state index in [2.05, 4.69) is 19.6 Å². The van der Waals surface area contributed by atoms with E-state index in [9.17, 15) is 18.0 Å². The van der Waals surface area contributed by atoms with Crippen molar-refractivity contribution in [3.8, 4) is 11.6 Å². The van der Waals surface area contributed by atoms with Crippen molar-refractivity contribution in [2.75, 3.05) is 26.2 Å². The van der Waals surface area contributed by atoms with E-state index in [4.69, 9.17) is 11.6 Å². The Hall–Kier alpha value is -3.09. The highest BCUT2D eigenvalue weighted by atomic mass is 35.5. The van der Waals surface area contributed by atoms with Gasteiger partial charge in [0.1, 0.15) is 6.54 Å². The topological polar surface area (TPSA) is 131 Å². The Bertz CT molecular complexity index is 1230. The minimum Gasteiger partial charge on any atom is -0.338 e. The molecule has 1 aliphatic rings. The number of benzene rings is 1. The Kier molecular flexibility index (Phi) is 5.85. The summed E-state index contributed by atoms with van der Waals surface area (Å²) < 4.78 is 32.6. The zero-order chi connectivity index (χ0) is 22.0. The number of piperazine rings is 1. The van der Waals surface area contributed by atoms with E-state index >= 15 is 0 Å². The van der Waals surface area contributed by atoms with Gasteiger partial charge in [0.2, 0.25) is 21.8 Å². The van der Waals surface area contributed by atoms with Crippen LogP contribution in [-0.4, -0.2) is 69.4 Å². The van der Waals surface area contributed by atoms with Crippen LogP contribution in [0.3, 0.4) is 0 Å². The molecule has 4 rings (SSSR count). The van der Waals surface area contributed by atoms with Crippen LogP contribution in [0.2, 0.25) is 5.02 Å². The maximum absolute atomic E-state index is 12.8. The molecule has 0 atom stereocenters. The number of rotatable bonds is 5. The van der Waals surface area contributed by atoms with Crippen LogP contribution in [0.1, 0.15) is 0 Å². The third kappa shape index (κ3) is 4.36. The zero-order valence-electron chi connectivity index (χ0n) is 16.1. The second-order valence-corrected chi connectivity index (χ2v) is 9.04. The molecule has 162 valence electrons. The van der Waals surface area contributed by atoms with Crippen LogP contribution >= 0.6 is 11.6 Å². The molecule has 1 aromatic carbocycles. The first-order valence-electron chi connectivity index (χ1n) is 9.23. The first-order valence-corrected chi connectivity index (χ1v) is 11.1. The normalized spacial score (nSPS) is 15.2. The Morgan fingerprint density at radius 3 is 2.35 bits per heavy atom. The van der Waals surface area contributed by atoms with Gasteiger partial charge in [-0.25, -0.2) is 27.7 Å². The highest BCUT2D eigenvalue weighted by molar-refractivity contribution is 7.89. The third-order valence-electron chi connectivity index (χ3n) is 4.79. The van der Waals surface area contributed by atoms with Gasteiger partial charge < -0.3 is 4.90 Å². The maximum Gasteiger partial charge on any atom is 0.442 e. The molecule has 1 saturated heterocycles. The van der Waals surface area contributed by atoms with E-state index in [0.29, 0.717) is 5.02 Å². The maximum atomic E-state index is 12.8. The van der Waals surface area contributed by atoms with Gasteiger partial charge in [-0.1, -0.05) is 16.8 Å². The minimum absolute atomic E-state index is 0.0444. The Morgan fingerprint density at radius 2 is 1.71 bits per heavy atom. The van der Waals surface area contributed by atoms with Gasteiger partial charge in [-0.15, -0.1) is 0 Å². The van der Waals surface area contributed by atoms with Crippen LogP contribution < -0.4 is 5.76 Å². The lowest BCUT2D eigenvalue weighted by molar-refractivity contribution is -0.133. The number of nitrogens with zero attached hydrogens (tertiary/aromatic N) is 6. The van der Waals surface area contributed by atoms with E-state index in [1.54, 1.807) is 6.07 Å². The number of carbonyl (C=O) groups is 1. The van der Waals surface area contributed by atoms with Crippen molar-refractivity contribution in [3.05, 3.63) is 58.3 Å². The summed E-state index contributed by atoms with van der Waals surface area (Å²) in [5, 5.41) is 4.09. The molecule has 1 amide bonds. The SMILES string of the molecule is O=C(Cn1c(-c2ncccn2)noc1=O)N1CCN(S(=O)(=O)c2ccc(Cl)cc2)CC1. The fourth-order valence-electron chi connectivity index (χ4n) is 3.15. The molecule has 0 N–H and O–H groups in total. The standard InChI is InChI=1S/C18H17ClN6O5S/c19-13-2-4-14(5-3-13)31(28,29)24-10-8-23(9-11-24)15(26)12-25-17(22-30-18(25)27)16-20-6-1-7-21-16/h1-7H,8-12H2. The van der Waals surface area contributed by atoms with Gasteiger partial charge in [-0.2, -0.15) is 4.31 Å². The molecule has 31 heavy (non-hydrogen) atoms. The lowest BCUT2D eigenvalue weighted by Gasteiger charge is -2.34. The molecular formula is C18H17ClN6O5S. The number of hydrogen-bond acceptors (Lipinski definition) is 8. The molecule has 0 saturated carbocycles. The molecule has 3 heterocycles. The van der Waals surface area contributed by atoms with Gasteiger partial charge in [0.05, 0.1) is 4.90 Å². The van der Waals surface area contributed by atoms with Crippen molar-refractivity contribution in [2.45, 2.75) is 11.4 Å². The highest BCUT2D eigenvalue weighted by Crippen LogP contribution is 2.20. The van der Waals surface area contributed by atoms with Crippen LogP contribution in [0.25, 0.3) is 11.6 Å².